The van der Waals surface area contributed by atoms with E-state index in [1.165, 1.54) is 7.11 Å². The summed E-state index contributed by atoms with van der Waals surface area (Å²) < 4.78 is 31.3. The second-order valence-corrected chi connectivity index (χ2v) is 5.63. The van der Waals surface area contributed by atoms with E-state index in [9.17, 15) is 8.42 Å². The Bertz CT molecular complexity index is 534. The monoisotopic (exact) mass is 268 g/mol. The molecule has 0 aromatic heterocycles. The Morgan fingerprint density at radius 3 is 2.67 bits per heavy atom. The summed E-state index contributed by atoms with van der Waals surface area (Å²) in [4.78, 5) is 0. The van der Waals surface area contributed by atoms with Gasteiger partial charge in [0, 0.05) is 12.7 Å². The van der Waals surface area contributed by atoms with Crippen molar-refractivity contribution in [2.75, 3.05) is 11.8 Å². The fourth-order valence-corrected chi connectivity index (χ4v) is 2.73. The molecule has 1 unspecified atom stereocenters. The van der Waals surface area contributed by atoms with Gasteiger partial charge < -0.3 is 4.74 Å². The third-order valence-corrected chi connectivity index (χ3v) is 4.15. The van der Waals surface area contributed by atoms with Gasteiger partial charge in [0.05, 0.1) is 18.4 Å². The van der Waals surface area contributed by atoms with Crippen LogP contribution in [0.5, 0.6) is 0 Å². The maximum Gasteiger partial charge on any atom is 0.249 e. The second-order valence-electron chi connectivity index (χ2n) is 3.76. The van der Waals surface area contributed by atoms with Crippen LogP contribution in [0.3, 0.4) is 0 Å². The van der Waals surface area contributed by atoms with E-state index < -0.39 is 15.3 Å². The Morgan fingerprint density at radius 1 is 1.44 bits per heavy atom. The number of methoxy groups -OCH3 is 1. The van der Waals surface area contributed by atoms with Crippen molar-refractivity contribution in [3.8, 4) is 6.07 Å². The van der Waals surface area contributed by atoms with Gasteiger partial charge in [-0.1, -0.05) is 25.1 Å². The van der Waals surface area contributed by atoms with Crippen LogP contribution in [-0.2, 0) is 21.4 Å². The summed E-state index contributed by atoms with van der Waals surface area (Å²) in [5, 5.41) is 7.77. The van der Waals surface area contributed by atoms with Crippen LogP contribution in [0, 0.1) is 11.3 Å². The molecule has 0 aliphatic rings. The summed E-state index contributed by atoms with van der Waals surface area (Å²) in [5.41, 5.74) is 1.18. The minimum atomic E-state index is -3.68. The van der Waals surface area contributed by atoms with Crippen molar-refractivity contribution in [3.05, 3.63) is 29.8 Å². The number of sulfonamides is 1. The molecule has 0 saturated carbocycles. The van der Waals surface area contributed by atoms with Gasteiger partial charge in [-0.25, -0.2) is 8.42 Å². The molecule has 98 valence electrons. The zero-order valence-corrected chi connectivity index (χ0v) is 11.2. The summed E-state index contributed by atoms with van der Waals surface area (Å²) >= 11 is 0. The van der Waals surface area contributed by atoms with Crippen LogP contribution in [-0.4, -0.2) is 20.8 Å². The number of nitrogens with zero attached hydrogens (tertiary/aromatic N) is 1. The van der Waals surface area contributed by atoms with Crippen molar-refractivity contribution >= 4 is 15.7 Å². The molecule has 0 radical (unpaired) electrons. The number of nitriles is 1. The second kappa shape index (κ2) is 6.38. The van der Waals surface area contributed by atoms with Crippen molar-refractivity contribution in [2.24, 2.45) is 0 Å². The summed E-state index contributed by atoms with van der Waals surface area (Å²) in [5.74, 6) is 0. The number of para-hydroxylation sites is 1. The third kappa shape index (κ3) is 3.45. The number of hydrogen-bond acceptors (Lipinski definition) is 4. The van der Waals surface area contributed by atoms with Gasteiger partial charge in [0.1, 0.15) is 0 Å². The molecule has 6 heteroatoms. The van der Waals surface area contributed by atoms with Crippen LogP contribution in [0.25, 0.3) is 0 Å². The van der Waals surface area contributed by atoms with E-state index >= 15 is 0 Å². The third-order valence-electron chi connectivity index (χ3n) is 2.46. The Hall–Kier alpha value is -1.58. The van der Waals surface area contributed by atoms with Gasteiger partial charge in [-0.15, -0.1) is 0 Å². The van der Waals surface area contributed by atoms with E-state index in [0.29, 0.717) is 12.3 Å². The number of rotatable bonds is 6. The van der Waals surface area contributed by atoms with E-state index in [1.807, 2.05) is 0 Å². The van der Waals surface area contributed by atoms with Gasteiger partial charge >= 0.3 is 0 Å². The maximum atomic E-state index is 11.9. The van der Waals surface area contributed by atoms with Gasteiger partial charge in [-0.05, 0) is 12.5 Å². The molecule has 1 aromatic carbocycles. The first kappa shape index (κ1) is 14.5. The average Bonchev–Trinajstić information content (AvgIpc) is 2.32. The predicted molar refractivity (Wildman–Crippen MR) is 69.4 cm³/mol. The van der Waals surface area contributed by atoms with Gasteiger partial charge in [0.15, 0.2) is 5.25 Å². The molecule has 0 aliphatic carbocycles. The largest absolute Gasteiger partial charge is 0.380 e. The maximum absolute atomic E-state index is 11.9. The molecule has 0 aliphatic heterocycles. The van der Waals surface area contributed by atoms with Crippen LogP contribution in [0.4, 0.5) is 5.69 Å². The lowest BCUT2D eigenvalue weighted by atomic mass is 10.2. The Morgan fingerprint density at radius 2 is 2.11 bits per heavy atom. The molecule has 18 heavy (non-hydrogen) atoms. The Labute approximate surface area is 107 Å². The number of anilines is 1. The summed E-state index contributed by atoms with van der Waals surface area (Å²) in [7, 11) is -2.15. The fourth-order valence-electron chi connectivity index (χ4n) is 1.51. The van der Waals surface area contributed by atoms with Crippen LogP contribution < -0.4 is 4.72 Å². The van der Waals surface area contributed by atoms with E-state index in [4.69, 9.17) is 10.00 Å². The average molecular weight is 268 g/mol. The standard InChI is InChI=1S/C12H16N2O3S/c1-3-11(8-13)18(15,16)14-12-7-5-4-6-10(12)9-17-2/h4-7,11,14H,3,9H2,1-2H3. The molecule has 0 fully saturated rings. The molecule has 1 rings (SSSR count). The summed E-state index contributed by atoms with van der Waals surface area (Å²) in [6.45, 7) is 1.97. The molecule has 1 atom stereocenters. The molecule has 0 spiro atoms. The molecule has 1 aromatic rings. The molecule has 1 N–H and O–H groups in total. The molecule has 0 amide bonds. The quantitative estimate of drug-likeness (QED) is 0.854. The predicted octanol–water partition coefficient (Wildman–Crippen LogP) is 1.88. The van der Waals surface area contributed by atoms with Crippen LogP contribution in [0.1, 0.15) is 18.9 Å². The van der Waals surface area contributed by atoms with Gasteiger partial charge in [-0.3, -0.25) is 4.72 Å². The molecule has 0 heterocycles. The highest BCUT2D eigenvalue weighted by atomic mass is 32.2. The Balaban J connectivity index is 3.01. The lowest BCUT2D eigenvalue weighted by Gasteiger charge is -2.14. The van der Waals surface area contributed by atoms with Crippen molar-refractivity contribution < 1.29 is 13.2 Å². The molecular weight excluding hydrogens is 252 g/mol. The van der Waals surface area contributed by atoms with E-state index in [2.05, 4.69) is 4.72 Å². The molecular formula is C12H16N2O3S. The first-order valence-electron chi connectivity index (χ1n) is 5.53. The molecule has 5 nitrogen and oxygen atoms in total. The zero-order valence-electron chi connectivity index (χ0n) is 10.4. The highest BCUT2D eigenvalue weighted by Gasteiger charge is 2.23. The van der Waals surface area contributed by atoms with Crippen molar-refractivity contribution in [1.82, 2.24) is 0 Å². The van der Waals surface area contributed by atoms with E-state index in [1.54, 1.807) is 37.3 Å². The first-order valence-corrected chi connectivity index (χ1v) is 7.07. The highest BCUT2D eigenvalue weighted by molar-refractivity contribution is 7.93. The lowest BCUT2D eigenvalue weighted by molar-refractivity contribution is 0.185. The van der Waals surface area contributed by atoms with E-state index in [-0.39, 0.29) is 6.42 Å². The number of benzene rings is 1. The van der Waals surface area contributed by atoms with E-state index in [0.717, 1.165) is 5.56 Å². The van der Waals surface area contributed by atoms with Gasteiger partial charge in [0.25, 0.3) is 0 Å². The lowest BCUT2D eigenvalue weighted by Crippen LogP contribution is -2.26. The van der Waals surface area contributed by atoms with Gasteiger partial charge in [0.2, 0.25) is 10.0 Å². The van der Waals surface area contributed by atoms with Crippen LogP contribution in [0.15, 0.2) is 24.3 Å². The summed E-state index contributed by atoms with van der Waals surface area (Å²) in [6.07, 6.45) is 0.248. The van der Waals surface area contributed by atoms with Crippen molar-refractivity contribution in [3.63, 3.8) is 0 Å². The summed E-state index contributed by atoms with van der Waals surface area (Å²) in [6, 6.07) is 8.73. The highest BCUT2D eigenvalue weighted by Crippen LogP contribution is 2.19. The van der Waals surface area contributed by atoms with Crippen molar-refractivity contribution in [1.29, 1.82) is 5.26 Å². The van der Waals surface area contributed by atoms with Gasteiger partial charge in [-0.2, -0.15) is 5.26 Å². The normalized spacial score (nSPS) is 12.7. The minimum absolute atomic E-state index is 0.248. The van der Waals surface area contributed by atoms with Crippen molar-refractivity contribution in [2.45, 2.75) is 25.2 Å². The Kier molecular flexibility index (Phi) is 5.13. The molecule has 0 bridgehead atoms. The number of hydrogen-bond donors (Lipinski definition) is 1. The zero-order chi connectivity index (χ0) is 13.6. The smallest absolute Gasteiger partial charge is 0.249 e. The minimum Gasteiger partial charge on any atom is -0.380 e. The van der Waals surface area contributed by atoms with Crippen LogP contribution >= 0.6 is 0 Å². The first-order chi connectivity index (χ1) is 8.55. The van der Waals surface area contributed by atoms with Crippen LogP contribution in [0.2, 0.25) is 0 Å². The topological polar surface area (TPSA) is 79.2 Å². The SMILES string of the molecule is CCC(C#N)S(=O)(=O)Nc1ccccc1COC. The fraction of sp³-hybridized carbons (Fsp3) is 0.417. The number of nitrogens with one attached hydrogen (secondary N) is 1. The number of ether oxygens (including phenoxy) is 1. The molecule has 0 saturated heterocycles.